The molecule has 0 saturated heterocycles. The van der Waals surface area contributed by atoms with Gasteiger partial charge >= 0.3 is 0 Å². The molecule has 1 aliphatic rings. The van der Waals surface area contributed by atoms with Gasteiger partial charge in [-0.05, 0) is 12.8 Å². The Labute approximate surface area is 88.4 Å². The molecule has 2 rings (SSSR count). The van der Waals surface area contributed by atoms with Crippen LogP contribution in [0.2, 0.25) is 0 Å². The molecule has 1 saturated carbocycles. The summed E-state index contributed by atoms with van der Waals surface area (Å²) < 4.78 is 0. The van der Waals surface area contributed by atoms with Crippen LogP contribution in [0, 0.1) is 5.41 Å². The van der Waals surface area contributed by atoms with Crippen molar-refractivity contribution in [1.29, 1.82) is 0 Å². The Hall–Kier alpha value is -1.36. The number of amides is 1. The number of hydrogen-bond acceptors (Lipinski definition) is 3. The summed E-state index contributed by atoms with van der Waals surface area (Å²) in [5, 5.41) is 9.42. The lowest BCUT2D eigenvalue weighted by Crippen LogP contribution is -2.50. The van der Waals surface area contributed by atoms with Crippen molar-refractivity contribution in [3.05, 3.63) is 18.0 Å². The summed E-state index contributed by atoms with van der Waals surface area (Å²) in [5.41, 5.74) is 6.33. The quantitative estimate of drug-likeness (QED) is 0.658. The molecule has 15 heavy (non-hydrogen) atoms. The van der Waals surface area contributed by atoms with E-state index in [4.69, 9.17) is 5.73 Å². The number of carbonyl (C=O) groups excluding carboxylic acids is 1. The number of H-pyrrole nitrogens is 1. The molecule has 1 aliphatic carbocycles. The molecular weight excluding hydrogens is 192 g/mol. The average Bonchev–Trinajstić information content (AvgIpc) is 2.66. The molecule has 1 amide bonds. The zero-order valence-electron chi connectivity index (χ0n) is 8.62. The highest BCUT2D eigenvalue weighted by atomic mass is 16.2. The predicted octanol–water partition coefficient (Wildman–Crippen LogP) is 0.155. The van der Waals surface area contributed by atoms with Crippen molar-refractivity contribution in [3.63, 3.8) is 0 Å². The van der Waals surface area contributed by atoms with Crippen molar-refractivity contribution >= 4 is 5.91 Å². The molecule has 4 N–H and O–H groups in total. The van der Waals surface area contributed by atoms with Crippen molar-refractivity contribution in [2.75, 3.05) is 6.54 Å². The van der Waals surface area contributed by atoms with Crippen LogP contribution in [0.5, 0.6) is 0 Å². The molecule has 0 unspecified atom stereocenters. The molecule has 0 spiro atoms. The number of nitrogens with two attached hydrogens (primary N) is 1. The molecule has 1 fully saturated rings. The van der Waals surface area contributed by atoms with Crippen LogP contribution in [0.1, 0.15) is 24.8 Å². The third kappa shape index (κ3) is 1.87. The van der Waals surface area contributed by atoms with E-state index in [0.29, 0.717) is 13.1 Å². The van der Waals surface area contributed by atoms with Crippen LogP contribution in [0.3, 0.4) is 0 Å². The SMILES string of the molecule is NCC1(C(=O)NCc2cn[nH]c2)CCC1. The van der Waals surface area contributed by atoms with Gasteiger partial charge in [0.1, 0.15) is 0 Å². The summed E-state index contributed by atoms with van der Waals surface area (Å²) in [4.78, 5) is 11.9. The first-order valence-electron chi connectivity index (χ1n) is 5.23. The van der Waals surface area contributed by atoms with Crippen molar-refractivity contribution in [2.45, 2.75) is 25.8 Å². The van der Waals surface area contributed by atoms with Gasteiger partial charge in [0.05, 0.1) is 11.6 Å². The Balaban J connectivity index is 1.87. The van der Waals surface area contributed by atoms with Gasteiger partial charge in [-0.1, -0.05) is 6.42 Å². The van der Waals surface area contributed by atoms with Gasteiger partial charge in [-0.2, -0.15) is 5.10 Å². The highest BCUT2D eigenvalue weighted by Gasteiger charge is 2.42. The molecule has 1 heterocycles. The molecule has 1 aromatic heterocycles. The second-order valence-electron chi connectivity index (χ2n) is 4.13. The lowest BCUT2D eigenvalue weighted by Gasteiger charge is -2.39. The molecule has 0 aliphatic heterocycles. The number of nitrogens with zero attached hydrogens (tertiary/aromatic N) is 1. The molecule has 0 bridgehead atoms. The van der Waals surface area contributed by atoms with Crippen molar-refractivity contribution in [3.8, 4) is 0 Å². The standard InChI is InChI=1S/C10H16N4O/c11-7-10(2-1-3-10)9(15)12-4-8-5-13-14-6-8/h5-6H,1-4,7,11H2,(H,12,15)(H,13,14). The maximum atomic E-state index is 11.9. The van der Waals surface area contributed by atoms with Crippen LogP contribution in [0.15, 0.2) is 12.4 Å². The van der Waals surface area contributed by atoms with Gasteiger partial charge in [0.2, 0.25) is 5.91 Å². The van der Waals surface area contributed by atoms with E-state index in [2.05, 4.69) is 15.5 Å². The fourth-order valence-corrected chi connectivity index (χ4v) is 1.87. The second kappa shape index (κ2) is 4.02. The monoisotopic (exact) mass is 208 g/mol. The Kier molecular flexibility index (Phi) is 2.73. The Bertz CT molecular complexity index is 324. The minimum Gasteiger partial charge on any atom is -0.351 e. The van der Waals surface area contributed by atoms with Crippen molar-refractivity contribution < 1.29 is 4.79 Å². The van der Waals surface area contributed by atoms with Gasteiger partial charge in [-0.3, -0.25) is 9.89 Å². The highest BCUT2D eigenvalue weighted by molar-refractivity contribution is 5.83. The zero-order valence-corrected chi connectivity index (χ0v) is 8.62. The topological polar surface area (TPSA) is 83.8 Å². The number of hydrogen-bond donors (Lipinski definition) is 3. The van der Waals surface area contributed by atoms with E-state index in [-0.39, 0.29) is 11.3 Å². The lowest BCUT2D eigenvalue weighted by atomic mass is 9.68. The predicted molar refractivity (Wildman–Crippen MR) is 55.8 cm³/mol. The number of nitrogens with one attached hydrogen (secondary N) is 2. The van der Waals surface area contributed by atoms with E-state index >= 15 is 0 Å². The summed E-state index contributed by atoms with van der Waals surface area (Å²) in [6.45, 7) is 0.974. The minimum atomic E-state index is -0.288. The van der Waals surface area contributed by atoms with Gasteiger partial charge in [0.15, 0.2) is 0 Å². The number of aromatic amines is 1. The molecule has 5 heteroatoms. The Morgan fingerprint density at radius 2 is 2.47 bits per heavy atom. The molecule has 82 valence electrons. The molecular formula is C10H16N4O. The number of rotatable bonds is 4. The zero-order chi connectivity index (χ0) is 10.7. The molecule has 0 radical (unpaired) electrons. The minimum absolute atomic E-state index is 0.0810. The smallest absolute Gasteiger partial charge is 0.227 e. The summed E-state index contributed by atoms with van der Waals surface area (Å²) in [6.07, 6.45) is 6.42. The highest BCUT2D eigenvalue weighted by Crippen LogP contribution is 2.39. The third-order valence-electron chi connectivity index (χ3n) is 3.19. The van der Waals surface area contributed by atoms with E-state index < -0.39 is 0 Å². The molecule has 0 atom stereocenters. The van der Waals surface area contributed by atoms with Crippen LogP contribution in [-0.2, 0) is 11.3 Å². The second-order valence-corrected chi connectivity index (χ2v) is 4.13. The van der Waals surface area contributed by atoms with Gasteiger partial charge in [-0.15, -0.1) is 0 Å². The van der Waals surface area contributed by atoms with E-state index in [1.807, 2.05) is 0 Å². The van der Waals surface area contributed by atoms with Crippen LogP contribution in [0.4, 0.5) is 0 Å². The maximum absolute atomic E-state index is 11.9. The maximum Gasteiger partial charge on any atom is 0.227 e. The van der Waals surface area contributed by atoms with Crippen LogP contribution in [0.25, 0.3) is 0 Å². The number of carbonyl (C=O) groups is 1. The molecule has 5 nitrogen and oxygen atoms in total. The first-order chi connectivity index (χ1) is 7.27. The fourth-order valence-electron chi connectivity index (χ4n) is 1.87. The van der Waals surface area contributed by atoms with Crippen LogP contribution >= 0.6 is 0 Å². The first kappa shape index (κ1) is 10.2. The largest absolute Gasteiger partial charge is 0.351 e. The Morgan fingerprint density at radius 3 is 2.93 bits per heavy atom. The summed E-state index contributed by atoms with van der Waals surface area (Å²) in [6, 6.07) is 0. The molecule has 0 aromatic carbocycles. The normalized spacial score (nSPS) is 18.2. The van der Waals surface area contributed by atoms with Crippen molar-refractivity contribution in [1.82, 2.24) is 15.5 Å². The summed E-state index contributed by atoms with van der Waals surface area (Å²) in [7, 11) is 0. The van der Waals surface area contributed by atoms with Gasteiger partial charge in [0.25, 0.3) is 0 Å². The molecule has 1 aromatic rings. The van der Waals surface area contributed by atoms with E-state index in [0.717, 1.165) is 24.8 Å². The van der Waals surface area contributed by atoms with Crippen LogP contribution in [-0.4, -0.2) is 22.6 Å². The van der Waals surface area contributed by atoms with E-state index in [1.165, 1.54) is 0 Å². The van der Waals surface area contributed by atoms with Crippen molar-refractivity contribution in [2.24, 2.45) is 11.1 Å². The fraction of sp³-hybridized carbons (Fsp3) is 0.600. The van der Waals surface area contributed by atoms with Crippen LogP contribution < -0.4 is 11.1 Å². The lowest BCUT2D eigenvalue weighted by molar-refractivity contribution is -0.135. The summed E-state index contributed by atoms with van der Waals surface area (Å²) in [5.74, 6) is 0.0810. The third-order valence-corrected chi connectivity index (χ3v) is 3.19. The van der Waals surface area contributed by atoms with Gasteiger partial charge < -0.3 is 11.1 Å². The van der Waals surface area contributed by atoms with Gasteiger partial charge in [0, 0.05) is 24.8 Å². The Morgan fingerprint density at radius 1 is 1.67 bits per heavy atom. The first-order valence-corrected chi connectivity index (χ1v) is 5.23. The van der Waals surface area contributed by atoms with E-state index in [1.54, 1.807) is 12.4 Å². The number of aromatic nitrogens is 2. The van der Waals surface area contributed by atoms with Gasteiger partial charge in [-0.25, -0.2) is 0 Å². The summed E-state index contributed by atoms with van der Waals surface area (Å²) >= 11 is 0. The average molecular weight is 208 g/mol. The van der Waals surface area contributed by atoms with E-state index in [9.17, 15) is 4.79 Å².